The van der Waals surface area contributed by atoms with Crippen LogP contribution in [0.5, 0.6) is 17.6 Å². The average molecular weight is 603 g/mol. The van der Waals surface area contributed by atoms with Gasteiger partial charge in [-0.3, -0.25) is 0 Å². The summed E-state index contributed by atoms with van der Waals surface area (Å²) in [6, 6.07) is 5.93. The summed E-state index contributed by atoms with van der Waals surface area (Å²) < 4.78 is 66.5. The van der Waals surface area contributed by atoms with Crippen LogP contribution in [-0.4, -0.2) is 80.6 Å². The van der Waals surface area contributed by atoms with Gasteiger partial charge in [-0.25, -0.2) is 13.8 Å². The van der Waals surface area contributed by atoms with Crippen molar-refractivity contribution in [3.05, 3.63) is 41.5 Å². The Bertz CT molecular complexity index is 1850. The number of rotatable bonds is 7. The number of anilines is 1. The van der Waals surface area contributed by atoms with Crippen LogP contribution in [0.4, 0.5) is 14.6 Å². The minimum absolute atomic E-state index is 0.0256. The third-order valence-corrected chi connectivity index (χ3v) is 8.86. The summed E-state index contributed by atoms with van der Waals surface area (Å²) in [5.41, 5.74) is -0.0396. The molecule has 1 saturated carbocycles. The van der Waals surface area contributed by atoms with Gasteiger partial charge in [0.15, 0.2) is 12.6 Å². The number of hydrogen-bond acceptors (Lipinski definition) is 10. The first-order valence-corrected chi connectivity index (χ1v) is 14.4. The number of ether oxygens (including phenoxy) is 6. The smallest absolute Gasteiger partial charge is 0.319 e. The topological polar surface area (TPSA) is 97.3 Å². The van der Waals surface area contributed by atoms with E-state index in [4.69, 9.17) is 39.8 Å². The third-order valence-electron chi connectivity index (χ3n) is 8.86. The summed E-state index contributed by atoms with van der Waals surface area (Å²) in [4.78, 5) is 16.0. The fourth-order valence-electron chi connectivity index (χ4n) is 6.67. The molecule has 2 aromatic heterocycles. The van der Waals surface area contributed by atoms with Gasteiger partial charge < -0.3 is 33.3 Å². The number of terminal acetylenes is 1. The highest BCUT2D eigenvalue weighted by atomic mass is 19.1. The second-order valence-electron chi connectivity index (χ2n) is 11.7. The van der Waals surface area contributed by atoms with Crippen LogP contribution in [0, 0.1) is 29.4 Å². The zero-order valence-electron chi connectivity index (χ0n) is 23.9. The molecule has 9 rings (SSSR count). The van der Waals surface area contributed by atoms with Crippen molar-refractivity contribution in [2.75, 3.05) is 58.4 Å². The molecule has 1 aliphatic carbocycles. The highest BCUT2D eigenvalue weighted by Crippen LogP contribution is 2.50. The largest absolute Gasteiger partial charge is 0.475 e. The molecule has 4 aliphatic heterocycles. The predicted octanol–water partition coefficient (Wildman–Crippen LogP) is 4.24. The molecule has 0 amide bonds. The number of morpholine rings is 1. The highest BCUT2D eigenvalue weighted by molar-refractivity contribution is 6.04. The number of methoxy groups -OCH3 is 1. The minimum atomic E-state index is -0.754. The van der Waals surface area contributed by atoms with E-state index in [1.165, 1.54) is 13.2 Å². The molecular formula is C32H28F2N4O6. The normalized spacial score (nSPS) is 23.5. The van der Waals surface area contributed by atoms with Gasteiger partial charge in [-0.15, -0.1) is 6.42 Å². The van der Waals surface area contributed by atoms with Crippen molar-refractivity contribution in [3.8, 4) is 41.2 Å². The van der Waals surface area contributed by atoms with E-state index in [1.807, 2.05) is 4.90 Å². The molecule has 6 heterocycles. The molecule has 3 saturated heterocycles. The molecule has 0 spiro atoms. The minimum Gasteiger partial charge on any atom is -0.475 e. The molecule has 226 valence electrons. The van der Waals surface area contributed by atoms with Gasteiger partial charge in [0, 0.05) is 30.0 Å². The summed E-state index contributed by atoms with van der Waals surface area (Å²) in [7, 11) is 1.49. The monoisotopic (exact) mass is 602 g/mol. The Morgan fingerprint density at radius 1 is 1.11 bits per heavy atom. The fraction of sp³-hybridized carbons (Fsp3) is 0.406. The first-order chi connectivity index (χ1) is 21.5. The first-order valence-electron chi connectivity index (χ1n) is 14.4. The Balaban J connectivity index is 1.35. The lowest BCUT2D eigenvalue weighted by molar-refractivity contribution is 0.0512. The second kappa shape index (κ2) is 10.4. The molecule has 44 heavy (non-hydrogen) atoms. The van der Waals surface area contributed by atoms with Crippen LogP contribution in [0.2, 0.25) is 0 Å². The number of hydrogen-bond donors (Lipinski definition) is 0. The Hall–Kier alpha value is -4.31. The molecule has 12 heteroatoms. The van der Waals surface area contributed by atoms with Gasteiger partial charge in [0.05, 0.1) is 44.1 Å². The van der Waals surface area contributed by atoms with Gasteiger partial charge in [0.2, 0.25) is 5.88 Å². The molecule has 4 aromatic rings. The van der Waals surface area contributed by atoms with Gasteiger partial charge >= 0.3 is 6.01 Å². The van der Waals surface area contributed by atoms with Gasteiger partial charge in [0.1, 0.15) is 40.6 Å². The third kappa shape index (κ3) is 4.29. The van der Waals surface area contributed by atoms with E-state index in [9.17, 15) is 0 Å². The summed E-state index contributed by atoms with van der Waals surface area (Å²) >= 11 is 0. The first kappa shape index (κ1) is 27.3. The molecule has 0 radical (unpaired) electrons. The maximum absolute atomic E-state index is 16.9. The van der Waals surface area contributed by atoms with E-state index < -0.39 is 11.6 Å². The molecule has 2 aromatic carbocycles. The summed E-state index contributed by atoms with van der Waals surface area (Å²) in [5, 5.41) is 1.17. The summed E-state index contributed by atoms with van der Waals surface area (Å²) in [6.45, 7) is 2.55. The van der Waals surface area contributed by atoms with Crippen molar-refractivity contribution in [2.24, 2.45) is 5.41 Å². The quantitative estimate of drug-likeness (QED) is 0.226. The lowest BCUT2D eigenvalue weighted by Gasteiger charge is -2.35. The van der Waals surface area contributed by atoms with E-state index in [1.54, 1.807) is 18.2 Å². The average Bonchev–Trinajstić information content (AvgIpc) is 3.60. The summed E-state index contributed by atoms with van der Waals surface area (Å²) in [5.74, 6) is 2.02. The second-order valence-corrected chi connectivity index (χ2v) is 11.7. The molecule has 10 nitrogen and oxygen atoms in total. The number of nitrogens with zero attached hydrogens (tertiary/aromatic N) is 4. The van der Waals surface area contributed by atoms with E-state index in [2.05, 4.69) is 15.9 Å². The number of pyridine rings is 1. The van der Waals surface area contributed by atoms with Crippen molar-refractivity contribution in [2.45, 2.75) is 25.0 Å². The maximum Gasteiger partial charge on any atom is 0.319 e. The molecule has 4 fully saturated rings. The molecule has 1 atom stereocenters. The Kier molecular flexibility index (Phi) is 6.44. The van der Waals surface area contributed by atoms with E-state index in [-0.39, 0.29) is 65.2 Å². The molecule has 2 bridgehead atoms. The number of benzene rings is 2. The van der Waals surface area contributed by atoms with Crippen molar-refractivity contribution in [1.82, 2.24) is 15.0 Å². The van der Waals surface area contributed by atoms with Crippen molar-refractivity contribution < 1.29 is 37.2 Å². The Morgan fingerprint density at radius 3 is 2.80 bits per heavy atom. The zero-order chi connectivity index (χ0) is 30.0. The van der Waals surface area contributed by atoms with Crippen molar-refractivity contribution >= 4 is 27.5 Å². The van der Waals surface area contributed by atoms with Gasteiger partial charge in [-0.05, 0) is 36.4 Å². The lowest BCUT2D eigenvalue weighted by atomic mass is 9.71. The van der Waals surface area contributed by atoms with Crippen LogP contribution < -0.4 is 19.1 Å². The predicted molar refractivity (Wildman–Crippen MR) is 155 cm³/mol. The van der Waals surface area contributed by atoms with Gasteiger partial charge in [0.25, 0.3) is 0 Å². The SMILES string of the molecule is C#Cc1c(F)ccc2cc(OCOC)cc(-c3nc4c5c(nc(OCC67COC(C6)C7)nc5c3F)N3CCOC[C@H]3CO4)c12. The van der Waals surface area contributed by atoms with Crippen LogP contribution in [0.3, 0.4) is 0 Å². The van der Waals surface area contributed by atoms with Gasteiger partial charge in [-0.1, -0.05) is 12.0 Å². The van der Waals surface area contributed by atoms with Crippen LogP contribution in [0.25, 0.3) is 32.9 Å². The molecule has 5 aliphatic rings. The standard InChI is InChI=1S/C32H28F2N4O6/c1-3-21-23(33)5-4-17-8-19(44-16-39-2)9-22(24(17)21)27-26(34)28-25-29(38-6-7-40-12-18(38)13-41-30(25)35-27)37-31(36-28)43-15-32-10-20(11-32)42-14-32/h1,4-5,8-9,18,20H,6-7,10-16H2,2H3/t18-,20?,32?/m0/s1. The van der Waals surface area contributed by atoms with E-state index in [0.717, 1.165) is 12.8 Å². The Morgan fingerprint density at radius 2 is 2.00 bits per heavy atom. The number of halogens is 2. The fourth-order valence-corrected chi connectivity index (χ4v) is 6.67. The highest BCUT2D eigenvalue weighted by Gasteiger charge is 2.52. The van der Waals surface area contributed by atoms with E-state index >= 15 is 8.78 Å². The van der Waals surface area contributed by atoms with Crippen molar-refractivity contribution in [1.29, 1.82) is 0 Å². The molecule has 0 unspecified atom stereocenters. The van der Waals surface area contributed by atoms with Crippen LogP contribution >= 0.6 is 0 Å². The van der Waals surface area contributed by atoms with Gasteiger partial charge in [-0.2, -0.15) is 9.97 Å². The maximum atomic E-state index is 16.9. The lowest BCUT2D eigenvalue weighted by Crippen LogP contribution is -2.48. The zero-order valence-corrected chi connectivity index (χ0v) is 23.9. The Labute approximate surface area is 251 Å². The van der Waals surface area contributed by atoms with Crippen LogP contribution in [0.1, 0.15) is 18.4 Å². The summed E-state index contributed by atoms with van der Waals surface area (Å²) in [6.07, 6.45) is 7.87. The van der Waals surface area contributed by atoms with E-state index in [0.29, 0.717) is 60.7 Å². The van der Waals surface area contributed by atoms with Crippen molar-refractivity contribution in [3.63, 3.8) is 0 Å². The molecule has 0 N–H and O–H groups in total. The molecular weight excluding hydrogens is 574 g/mol. The number of fused-ring (bicyclic) bond motifs is 4. The van der Waals surface area contributed by atoms with Crippen LogP contribution in [-0.2, 0) is 14.2 Å². The number of aromatic nitrogens is 3. The van der Waals surface area contributed by atoms with Crippen LogP contribution in [0.15, 0.2) is 24.3 Å².